The summed E-state index contributed by atoms with van der Waals surface area (Å²) in [7, 11) is -3.85. The van der Waals surface area contributed by atoms with Crippen molar-refractivity contribution in [3.05, 3.63) is 95.8 Å². The molecule has 0 atom stereocenters. The van der Waals surface area contributed by atoms with Gasteiger partial charge in [-0.25, -0.2) is 13.4 Å². The van der Waals surface area contributed by atoms with Gasteiger partial charge in [0.1, 0.15) is 0 Å². The van der Waals surface area contributed by atoms with Gasteiger partial charge in [0.15, 0.2) is 5.82 Å². The number of hydrogen-bond donors (Lipinski definition) is 1. The Hall–Kier alpha value is -3.56. The van der Waals surface area contributed by atoms with Gasteiger partial charge in [-0.05, 0) is 66.8 Å². The van der Waals surface area contributed by atoms with E-state index in [1.54, 1.807) is 12.1 Å². The molecule has 1 aliphatic rings. The second-order valence-electron chi connectivity index (χ2n) is 9.76. The van der Waals surface area contributed by atoms with E-state index in [0.717, 1.165) is 62.3 Å². The molecule has 3 aromatic carbocycles. The van der Waals surface area contributed by atoms with E-state index in [-0.39, 0.29) is 22.4 Å². The molecular formula is C30H32N4O3S2. The number of carbonyl (C=O) groups is 1. The number of aryl methyl sites for hydroxylation is 2. The SMILES string of the molecule is O=C(Cc1nsc(NS(=O)(=O)c2ccccc2CCCc2ccc(-c3ccccc3)cc2)n1)N1CCCCC1. The molecule has 1 saturated heterocycles. The molecule has 7 nitrogen and oxygen atoms in total. The molecule has 202 valence electrons. The topological polar surface area (TPSA) is 92.3 Å². The molecular weight excluding hydrogens is 528 g/mol. The minimum absolute atomic E-state index is 0.0121. The minimum Gasteiger partial charge on any atom is -0.342 e. The number of amides is 1. The highest BCUT2D eigenvalue weighted by Gasteiger charge is 2.22. The normalized spacial score (nSPS) is 13.8. The van der Waals surface area contributed by atoms with E-state index in [1.165, 1.54) is 16.7 Å². The number of carbonyl (C=O) groups excluding carboxylic acids is 1. The first-order valence-corrected chi connectivity index (χ1v) is 15.6. The average Bonchev–Trinajstić information content (AvgIpc) is 3.40. The van der Waals surface area contributed by atoms with Crippen molar-refractivity contribution in [3.63, 3.8) is 0 Å². The van der Waals surface area contributed by atoms with Crippen LogP contribution in [0.25, 0.3) is 11.1 Å². The van der Waals surface area contributed by atoms with Crippen molar-refractivity contribution in [3.8, 4) is 11.1 Å². The van der Waals surface area contributed by atoms with Crippen LogP contribution < -0.4 is 4.72 Å². The number of rotatable bonds is 10. The van der Waals surface area contributed by atoms with Crippen LogP contribution in [0.4, 0.5) is 5.13 Å². The van der Waals surface area contributed by atoms with Crippen molar-refractivity contribution < 1.29 is 13.2 Å². The molecule has 5 rings (SSSR count). The maximum absolute atomic E-state index is 13.3. The van der Waals surface area contributed by atoms with Crippen LogP contribution in [0.5, 0.6) is 0 Å². The number of sulfonamides is 1. The van der Waals surface area contributed by atoms with Crippen LogP contribution in [0.15, 0.2) is 83.8 Å². The molecule has 9 heteroatoms. The van der Waals surface area contributed by atoms with Crippen LogP contribution in [-0.4, -0.2) is 41.7 Å². The minimum atomic E-state index is -3.85. The van der Waals surface area contributed by atoms with Crippen molar-refractivity contribution in [1.29, 1.82) is 0 Å². The summed E-state index contributed by atoms with van der Waals surface area (Å²) in [5.74, 6) is 0.335. The molecule has 4 aromatic rings. The molecule has 1 amide bonds. The van der Waals surface area contributed by atoms with Crippen molar-refractivity contribution in [2.24, 2.45) is 0 Å². The Morgan fingerprint density at radius 3 is 2.31 bits per heavy atom. The van der Waals surface area contributed by atoms with Gasteiger partial charge in [-0.2, -0.15) is 4.37 Å². The van der Waals surface area contributed by atoms with Crippen molar-refractivity contribution >= 4 is 32.6 Å². The number of piperidine rings is 1. The molecule has 2 heterocycles. The predicted octanol–water partition coefficient (Wildman–Crippen LogP) is 5.74. The summed E-state index contributed by atoms with van der Waals surface area (Å²) in [5, 5.41) is 0.171. The van der Waals surface area contributed by atoms with E-state index in [0.29, 0.717) is 12.2 Å². The maximum atomic E-state index is 13.3. The number of aromatic nitrogens is 2. The molecule has 0 spiro atoms. The summed E-state index contributed by atoms with van der Waals surface area (Å²) in [6.45, 7) is 1.52. The first-order chi connectivity index (χ1) is 19.0. The Morgan fingerprint density at radius 2 is 1.54 bits per heavy atom. The molecule has 1 aromatic heterocycles. The molecule has 0 unspecified atom stereocenters. The van der Waals surface area contributed by atoms with E-state index in [9.17, 15) is 13.2 Å². The number of hydrogen-bond acceptors (Lipinski definition) is 6. The quantitative estimate of drug-likeness (QED) is 0.267. The highest BCUT2D eigenvalue weighted by molar-refractivity contribution is 7.93. The van der Waals surface area contributed by atoms with Crippen LogP contribution in [0.2, 0.25) is 0 Å². The zero-order valence-corrected chi connectivity index (χ0v) is 23.4. The van der Waals surface area contributed by atoms with Gasteiger partial charge in [-0.15, -0.1) is 0 Å². The number of anilines is 1. The maximum Gasteiger partial charge on any atom is 0.263 e. The molecule has 1 fully saturated rings. The van der Waals surface area contributed by atoms with Crippen LogP contribution in [0.3, 0.4) is 0 Å². The van der Waals surface area contributed by atoms with Gasteiger partial charge in [0.05, 0.1) is 11.3 Å². The summed E-state index contributed by atoms with van der Waals surface area (Å²) in [5.41, 5.74) is 4.34. The third-order valence-electron chi connectivity index (χ3n) is 6.94. The number of nitrogens with zero attached hydrogens (tertiary/aromatic N) is 3. The number of benzene rings is 3. The molecule has 0 bridgehead atoms. The zero-order valence-electron chi connectivity index (χ0n) is 21.8. The van der Waals surface area contributed by atoms with Crippen LogP contribution in [0.1, 0.15) is 42.6 Å². The van der Waals surface area contributed by atoms with Crippen molar-refractivity contribution in [2.75, 3.05) is 17.8 Å². The van der Waals surface area contributed by atoms with Crippen LogP contribution in [-0.2, 0) is 34.1 Å². The highest BCUT2D eigenvalue weighted by atomic mass is 32.2. The summed E-state index contributed by atoms with van der Waals surface area (Å²) in [6, 6.07) is 25.9. The lowest BCUT2D eigenvalue weighted by Crippen LogP contribution is -2.36. The lowest BCUT2D eigenvalue weighted by atomic mass is 10.0. The molecule has 0 aliphatic carbocycles. The average molecular weight is 561 g/mol. The lowest BCUT2D eigenvalue weighted by molar-refractivity contribution is -0.131. The van der Waals surface area contributed by atoms with Crippen molar-refractivity contribution in [1.82, 2.24) is 14.3 Å². The van der Waals surface area contributed by atoms with Gasteiger partial charge in [-0.3, -0.25) is 9.52 Å². The third kappa shape index (κ3) is 7.10. The van der Waals surface area contributed by atoms with E-state index < -0.39 is 10.0 Å². The second-order valence-corrected chi connectivity index (χ2v) is 12.2. The first-order valence-electron chi connectivity index (χ1n) is 13.3. The van der Waals surface area contributed by atoms with E-state index in [2.05, 4.69) is 50.5 Å². The number of nitrogens with one attached hydrogen (secondary N) is 1. The van der Waals surface area contributed by atoms with Gasteiger partial charge >= 0.3 is 0 Å². The summed E-state index contributed by atoms with van der Waals surface area (Å²) in [4.78, 5) is 18.9. The Labute approximate surface area is 234 Å². The fraction of sp³-hybridized carbons (Fsp3) is 0.300. The molecule has 0 saturated carbocycles. The largest absolute Gasteiger partial charge is 0.342 e. The first kappa shape index (κ1) is 27.0. The van der Waals surface area contributed by atoms with E-state index in [1.807, 2.05) is 35.2 Å². The second kappa shape index (κ2) is 12.5. The van der Waals surface area contributed by atoms with Gasteiger partial charge in [0, 0.05) is 24.6 Å². The zero-order chi connectivity index (χ0) is 27.1. The van der Waals surface area contributed by atoms with Gasteiger partial charge in [-0.1, -0.05) is 72.8 Å². The molecule has 1 aliphatic heterocycles. The Morgan fingerprint density at radius 1 is 0.846 bits per heavy atom. The molecule has 0 radical (unpaired) electrons. The Bertz CT molecular complexity index is 1500. The highest BCUT2D eigenvalue weighted by Crippen LogP contribution is 2.24. The third-order valence-corrected chi connectivity index (χ3v) is 9.18. The van der Waals surface area contributed by atoms with E-state index >= 15 is 0 Å². The van der Waals surface area contributed by atoms with Gasteiger partial charge in [0.25, 0.3) is 10.0 Å². The smallest absolute Gasteiger partial charge is 0.263 e. The fourth-order valence-corrected chi connectivity index (χ4v) is 6.96. The predicted molar refractivity (Wildman–Crippen MR) is 155 cm³/mol. The summed E-state index contributed by atoms with van der Waals surface area (Å²) in [6.07, 6.45) is 5.56. The standard InChI is InChI=1S/C30H32N4O3S2/c35-29(34-20-7-2-8-21-34)22-28-31-30(38-32-28)33-39(36,37)27-15-6-5-13-26(27)14-9-10-23-16-18-25(19-17-23)24-11-3-1-4-12-24/h1,3-6,11-13,15-19H,2,7-10,14,20-22H2,(H,31,32,33). The van der Waals surface area contributed by atoms with E-state index in [4.69, 9.17) is 0 Å². The summed E-state index contributed by atoms with van der Waals surface area (Å²) < 4.78 is 33.3. The fourth-order valence-electron chi connectivity index (χ4n) is 4.88. The number of likely N-dealkylation sites (tertiary alicyclic amines) is 1. The van der Waals surface area contributed by atoms with Gasteiger partial charge < -0.3 is 4.90 Å². The Balaban J connectivity index is 1.19. The van der Waals surface area contributed by atoms with Crippen LogP contribution in [0, 0.1) is 0 Å². The van der Waals surface area contributed by atoms with Gasteiger partial charge in [0.2, 0.25) is 11.0 Å². The van der Waals surface area contributed by atoms with Crippen molar-refractivity contribution in [2.45, 2.75) is 49.8 Å². The summed E-state index contributed by atoms with van der Waals surface area (Å²) >= 11 is 0.958. The van der Waals surface area contributed by atoms with Crippen LogP contribution >= 0.6 is 11.5 Å². The Kier molecular flexibility index (Phi) is 8.68. The molecule has 39 heavy (non-hydrogen) atoms. The molecule has 1 N–H and O–H groups in total. The lowest BCUT2D eigenvalue weighted by Gasteiger charge is -2.26. The monoisotopic (exact) mass is 560 g/mol.